The average molecular weight is 260 g/mol. The van der Waals surface area contributed by atoms with Gasteiger partial charge in [0.25, 0.3) is 0 Å². The van der Waals surface area contributed by atoms with E-state index >= 15 is 0 Å². The van der Waals surface area contributed by atoms with Gasteiger partial charge in [-0.2, -0.15) is 0 Å². The number of carbonyl (C=O) groups excluding carboxylic acids is 1. The van der Waals surface area contributed by atoms with E-state index in [1.807, 2.05) is 4.90 Å². The van der Waals surface area contributed by atoms with E-state index in [0.717, 1.165) is 25.1 Å². The predicted molar refractivity (Wildman–Crippen MR) is 79.6 cm³/mol. The number of hydrogen-bond acceptors (Lipinski definition) is 2. The summed E-state index contributed by atoms with van der Waals surface area (Å²) in [6, 6.07) is 7.30. The molecule has 1 amide bonds. The SMILES string of the molecule is CCNC(C)Cc1ccc2c(c1)CC(C)N2C(C)=O. The summed E-state index contributed by atoms with van der Waals surface area (Å²) < 4.78 is 0. The van der Waals surface area contributed by atoms with Gasteiger partial charge in [-0.3, -0.25) is 4.79 Å². The van der Waals surface area contributed by atoms with E-state index in [4.69, 9.17) is 0 Å². The Bertz CT molecular complexity index is 470. The number of amides is 1. The number of benzene rings is 1. The van der Waals surface area contributed by atoms with E-state index in [-0.39, 0.29) is 11.9 Å². The Kier molecular flexibility index (Phi) is 4.25. The zero-order valence-corrected chi connectivity index (χ0v) is 12.4. The number of nitrogens with zero attached hydrogens (tertiary/aromatic N) is 1. The highest BCUT2D eigenvalue weighted by Gasteiger charge is 2.28. The Labute approximate surface area is 116 Å². The molecule has 0 aliphatic carbocycles. The minimum atomic E-state index is 0.139. The Morgan fingerprint density at radius 3 is 2.89 bits per heavy atom. The summed E-state index contributed by atoms with van der Waals surface area (Å²) in [5.74, 6) is 0.139. The lowest BCUT2D eigenvalue weighted by Gasteiger charge is -2.20. The number of hydrogen-bond donors (Lipinski definition) is 1. The van der Waals surface area contributed by atoms with Crippen molar-refractivity contribution in [3.63, 3.8) is 0 Å². The van der Waals surface area contributed by atoms with Gasteiger partial charge in [-0.05, 0) is 50.4 Å². The second-order valence-electron chi connectivity index (χ2n) is 5.57. The number of rotatable bonds is 4. The van der Waals surface area contributed by atoms with Crippen molar-refractivity contribution in [2.75, 3.05) is 11.4 Å². The van der Waals surface area contributed by atoms with Gasteiger partial charge >= 0.3 is 0 Å². The maximum Gasteiger partial charge on any atom is 0.224 e. The topological polar surface area (TPSA) is 32.3 Å². The second kappa shape index (κ2) is 5.74. The van der Waals surface area contributed by atoms with Crippen molar-refractivity contribution in [1.29, 1.82) is 0 Å². The average Bonchev–Trinajstić information content (AvgIpc) is 2.64. The quantitative estimate of drug-likeness (QED) is 0.902. The number of likely N-dealkylation sites (N-methyl/N-ethyl adjacent to an activating group) is 1. The molecule has 0 spiro atoms. The minimum absolute atomic E-state index is 0.139. The molecule has 1 aliphatic heterocycles. The molecule has 1 heterocycles. The lowest BCUT2D eigenvalue weighted by Crippen LogP contribution is -2.33. The number of fused-ring (bicyclic) bond motifs is 1. The van der Waals surface area contributed by atoms with E-state index in [2.05, 4.69) is 44.3 Å². The summed E-state index contributed by atoms with van der Waals surface area (Å²) in [6.45, 7) is 9.10. The first-order chi connectivity index (χ1) is 9.02. The monoisotopic (exact) mass is 260 g/mol. The molecule has 0 aromatic heterocycles. The van der Waals surface area contributed by atoms with Crippen molar-refractivity contribution in [3.05, 3.63) is 29.3 Å². The molecule has 2 rings (SSSR count). The van der Waals surface area contributed by atoms with Crippen LogP contribution in [0.15, 0.2) is 18.2 Å². The smallest absolute Gasteiger partial charge is 0.224 e. The maximum absolute atomic E-state index is 11.7. The molecular weight excluding hydrogens is 236 g/mol. The molecule has 104 valence electrons. The summed E-state index contributed by atoms with van der Waals surface area (Å²) in [7, 11) is 0. The highest BCUT2D eigenvalue weighted by molar-refractivity contribution is 5.94. The third-order valence-corrected chi connectivity index (χ3v) is 3.79. The highest BCUT2D eigenvalue weighted by Crippen LogP contribution is 2.33. The molecule has 3 heteroatoms. The molecule has 0 saturated carbocycles. The zero-order chi connectivity index (χ0) is 14.0. The molecular formula is C16H24N2O. The van der Waals surface area contributed by atoms with Crippen LogP contribution in [0.4, 0.5) is 5.69 Å². The summed E-state index contributed by atoms with van der Waals surface area (Å²) >= 11 is 0. The lowest BCUT2D eigenvalue weighted by atomic mass is 10.0. The standard InChI is InChI=1S/C16H24N2O/c1-5-17-11(2)8-14-6-7-16-15(10-14)9-12(3)18(16)13(4)19/h6-7,10-12,17H,5,8-9H2,1-4H3. The molecule has 2 atom stereocenters. The first-order valence-electron chi connectivity index (χ1n) is 7.18. The van der Waals surface area contributed by atoms with Gasteiger partial charge in [0.1, 0.15) is 0 Å². The van der Waals surface area contributed by atoms with Gasteiger partial charge in [-0.1, -0.05) is 19.1 Å². The van der Waals surface area contributed by atoms with Gasteiger partial charge in [0.05, 0.1) is 0 Å². The summed E-state index contributed by atoms with van der Waals surface area (Å²) in [6.07, 6.45) is 2.01. The molecule has 0 saturated heterocycles. The maximum atomic E-state index is 11.7. The van der Waals surface area contributed by atoms with Crippen molar-refractivity contribution in [2.24, 2.45) is 0 Å². The van der Waals surface area contributed by atoms with Crippen LogP contribution < -0.4 is 10.2 Å². The fourth-order valence-electron chi connectivity index (χ4n) is 3.07. The van der Waals surface area contributed by atoms with Gasteiger partial charge in [0, 0.05) is 24.7 Å². The van der Waals surface area contributed by atoms with Crippen molar-refractivity contribution >= 4 is 11.6 Å². The number of anilines is 1. The van der Waals surface area contributed by atoms with E-state index < -0.39 is 0 Å². The Morgan fingerprint density at radius 2 is 2.26 bits per heavy atom. The number of nitrogens with one attached hydrogen (secondary N) is 1. The first kappa shape index (κ1) is 14.1. The van der Waals surface area contributed by atoms with E-state index in [0.29, 0.717) is 6.04 Å². The second-order valence-corrected chi connectivity index (χ2v) is 5.57. The van der Waals surface area contributed by atoms with Crippen LogP contribution in [0.1, 0.15) is 38.8 Å². The van der Waals surface area contributed by atoms with Crippen molar-refractivity contribution in [1.82, 2.24) is 5.32 Å². The number of carbonyl (C=O) groups is 1. The first-order valence-corrected chi connectivity index (χ1v) is 7.18. The molecule has 1 aromatic rings. The summed E-state index contributed by atoms with van der Waals surface area (Å²) in [5, 5.41) is 3.43. The van der Waals surface area contributed by atoms with Gasteiger partial charge in [-0.25, -0.2) is 0 Å². The summed E-state index contributed by atoms with van der Waals surface area (Å²) in [5.41, 5.74) is 3.76. The normalized spacial score (nSPS) is 19.4. The predicted octanol–water partition coefficient (Wildman–Crippen LogP) is 2.52. The van der Waals surface area contributed by atoms with Crippen molar-refractivity contribution in [3.8, 4) is 0 Å². The Balaban J connectivity index is 2.18. The fourth-order valence-corrected chi connectivity index (χ4v) is 3.07. The van der Waals surface area contributed by atoms with Crippen LogP contribution in [0.3, 0.4) is 0 Å². The molecule has 0 fully saturated rings. The van der Waals surface area contributed by atoms with E-state index in [1.54, 1.807) is 6.92 Å². The molecule has 19 heavy (non-hydrogen) atoms. The van der Waals surface area contributed by atoms with Crippen LogP contribution in [0.5, 0.6) is 0 Å². The molecule has 3 nitrogen and oxygen atoms in total. The fraction of sp³-hybridized carbons (Fsp3) is 0.562. The van der Waals surface area contributed by atoms with Gasteiger partial charge in [0.15, 0.2) is 0 Å². The van der Waals surface area contributed by atoms with E-state index in [9.17, 15) is 4.79 Å². The molecule has 1 aliphatic rings. The molecule has 1 N–H and O–H groups in total. The van der Waals surface area contributed by atoms with Gasteiger partial charge in [-0.15, -0.1) is 0 Å². The van der Waals surface area contributed by atoms with E-state index in [1.165, 1.54) is 11.1 Å². The largest absolute Gasteiger partial charge is 0.314 e. The van der Waals surface area contributed by atoms with Crippen LogP contribution in [0, 0.1) is 0 Å². The molecule has 2 unspecified atom stereocenters. The molecule has 0 radical (unpaired) electrons. The Morgan fingerprint density at radius 1 is 1.53 bits per heavy atom. The molecule has 0 bridgehead atoms. The minimum Gasteiger partial charge on any atom is -0.314 e. The van der Waals surface area contributed by atoms with Crippen LogP contribution >= 0.6 is 0 Å². The van der Waals surface area contributed by atoms with Crippen molar-refractivity contribution in [2.45, 2.75) is 52.6 Å². The van der Waals surface area contributed by atoms with Gasteiger partial charge < -0.3 is 10.2 Å². The van der Waals surface area contributed by atoms with Crippen LogP contribution in [-0.2, 0) is 17.6 Å². The lowest BCUT2D eigenvalue weighted by molar-refractivity contribution is -0.116. The zero-order valence-electron chi connectivity index (χ0n) is 12.4. The third-order valence-electron chi connectivity index (χ3n) is 3.79. The van der Waals surface area contributed by atoms with Crippen LogP contribution in [-0.4, -0.2) is 24.5 Å². The summed E-state index contributed by atoms with van der Waals surface area (Å²) in [4.78, 5) is 13.6. The van der Waals surface area contributed by atoms with Crippen LogP contribution in [0.2, 0.25) is 0 Å². The molecule has 1 aromatic carbocycles. The Hall–Kier alpha value is -1.35. The van der Waals surface area contributed by atoms with Gasteiger partial charge in [0.2, 0.25) is 5.91 Å². The van der Waals surface area contributed by atoms with Crippen LogP contribution in [0.25, 0.3) is 0 Å². The van der Waals surface area contributed by atoms with Crippen molar-refractivity contribution < 1.29 is 4.79 Å². The third kappa shape index (κ3) is 2.98. The highest BCUT2D eigenvalue weighted by atomic mass is 16.2.